The summed E-state index contributed by atoms with van der Waals surface area (Å²) in [5.41, 5.74) is 0. The molecule has 3 heteroatoms. The Morgan fingerprint density at radius 1 is 1.24 bits per heavy atom. The standard InChI is InChI=1S/C14H27NO2/c1-11(2)10-17-7-6-15-8-12-4-3-5-13(9-15)14(12)16/h11-14,16H,3-10H2,1-2H3/t12-,13+,14?. The minimum Gasteiger partial charge on any atom is -0.392 e. The Morgan fingerprint density at radius 3 is 2.47 bits per heavy atom. The van der Waals surface area contributed by atoms with E-state index in [0.717, 1.165) is 32.8 Å². The number of hydrogen-bond acceptors (Lipinski definition) is 3. The maximum atomic E-state index is 10.1. The molecule has 100 valence electrons. The molecule has 0 aromatic heterocycles. The highest BCUT2D eigenvalue weighted by Gasteiger charge is 2.37. The molecular formula is C14H27NO2. The fraction of sp³-hybridized carbons (Fsp3) is 1.00. The second-order valence-electron chi connectivity index (χ2n) is 6.17. The van der Waals surface area contributed by atoms with Gasteiger partial charge in [-0.3, -0.25) is 0 Å². The van der Waals surface area contributed by atoms with E-state index in [-0.39, 0.29) is 6.10 Å². The first-order chi connectivity index (χ1) is 8.16. The minimum absolute atomic E-state index is 0.0309. The highest BCUT2D eigenvalue weighted by atomic mass is 16.5. The first kappa shape index (κ1) is 13.3. The number of piperidine rings is 1. The summed E-state index contributed by atoms with van der Waals surface area (Å²) < 4.78 is 5.64. The fourth-order valence-electron chi connectivity index (χ4n) is 3.20. The number of fused-ring (bicyclic) bond motifs is 2. The number of nitrogens with zero attached hydrogens (tertiary/aromatic N) is 1. The lowest BCUT2D eigenvalue weighted by atomic mass is 9.75. The fourth-order valence-corrected chi connectivity index (χ4v) is 3.20. The third-order valence-corrected chi connectivity index (χ3v) is 4.10. The molecule has 2 rings (SSSR count). The van der Waals surface area contributed by atoms with Gasteiger partial charge in [0.15, 0.2) is 0 Å². The van der Waals surface area contributed by atoms with Crippen LogP contribution in [0.1, 0.15) is 33.1 Å². The second kappa shape index (κ2) is 6.17. The van der Waals surface area contributed by atoms with Crippen LogP contribution in [0.5, 0.6) is 0 Å². The van der Waals surface area contributed by atoms with Crippen molar-refractivity contribution in [1.82, 2.24) is 4.90 Å². The van der Waals surface area contributed by atoms with Crippen molar-refractivity contribution >= 4 is 0 Å². The summed E-state index contributed by atoms with van der Waals surface area (Å²) in [5.74, 6) is 1.66. The van der Waals surface area contributed by atoms with Crippen molar-refractivity contribution < 1.29 is 9.84 Å². The van der Waals surface area contributed by atoms with E-state index < -0.39 is 0 Å². The van der Waals surface area contributed by atoms with Gasteiger partial charge in [0.2, 0.25) is 0 Å². The van der Waals surface area contributed by atoms with Gasteiger partial charge in [-0.25, -0.2) is 0 Å². The van der Waals surface area contributed by atoms with Gasteiger partial charge < -0.3 is 14.7 Å². The summed E-state index contributed by atoms with van der Waals surface area (Å²) in [7, 11) is 0. The molecular weight excluding hydrogens is 214 g/mol. The number of likely N-dealkylation sites (tertiary alicyclic amines) is 1. The Bertz CT molecular complexity index is 218. The summed E-state index contributed by atoms with van der Waals surface area (Å²) in [6, 6.07) is 0. The molecule has 1 saturated carbocycles. The van der Waals surface area contributed by atoms with E-state index in [1.807, 2.05) is 0 Å². The SMILES string of the molecule is CC(C)COCCN1C[C@H]2CCC[C@@H](C1)C2O. The van der Waals surface area contributed by atoms with Crippen LogP contribution in [0, 0.1) is 17.8 Å². The molecule has 2 fully saturated rings. The van der Waals surface area contributed by atoms with E-state index in [1.165, 1.54) is 19.3 Å². The Hall–Kier alpha value is -0.120. The van der Waals surface area contributed by atoms with E-state index >= 15 is 0 Å². The molecule has 1 aliphatic carbocycles. The number of rotatable bonds is 5. The highest BCUT2D eigenvalue weighted by Crippen LogP contribution is 2.34. The number of ether oxygens (including phenoxy) is 1. The van der Waals surface area contributed by atoms with Crippen LogP contribution >= 0.6 is 0 Å². The first-order valence-corrected chi connectivity index (χ1v) is 7.15. The van der Waals surface area contributed by atoms with E-state index in [0.29, 0.717) is 17.8 Å². The Labute approximate surface area is 105 Å². The van der Waals surface area contributed by atoms with Crippen molar-refractivity contribution in [3.05, 3.63) is 0 Å². The van der Waals surface area contributed by atoms with Gasteiger partial charge in [0.1, 0.15) is 0 Å². The monoisotopic (exact) mass is 241 g/mol. The van der Waals surface area contributed by atoms with Crippen molar-refractivity contribution in [3.63, 3.8) is 0 Å². The van der Waals surface area contributed by atoms with Crippen LogP contribution < -0.4 is 0 Å². The lowest BCUT2D eigenvalue weighted by Gasteiger charge is -2.45. The van der Waals surface area contributed by atoms with Gasteiger partial charge in [-0.05, 0) is 30.6 Å². The van der Waals surface area contributed by atoms with Gasteiger partial charge in [-0.15, -0.1) is 0 Å². The van der Waals surface area contributed by atoms with Crippen molar-refractivity contribution in [3.8, 4) is 0 Å². The van der Waals surface area contributed by atoms with E-state index in [1.54, 1.807) is 0 Å². The third-order valence-electron chi connectivity index (χ3n) is 4.10. The van der Waals surface area contributed by atoms with Crippen LogP contribution in [0.15, 0.2) is 0 Å². The van der Waals surface area contributed by atoms with E-state index in [4.69, 9.17) is 4.74 Å². The number of hydrogen-bond donors (Lipinski definition) is 1. The molecule has 0 aromatic rings. The first-order valence-electron chi connectivity index (χ1n) is 7.15. The number of aliphatic hydroxyl groups is 1. The summed E-state index contributed by atoms with van der Waals surface area (Å²) in [5, 5.41) is 10.1. The predicted octanol–water partition coefficient (Wildman–Crippen LogP) is 1.75. The molecule has 1 unspecified atom stereocenters. The average molecular weight is 241 g/mol. The molecule has 1 heterocycles. The quantitative estimate of drug-likeness (QED) is 0.744. The van der Waals surface area contributed by atoms with E-state index in [2.05, 4.69) is 18.7 Å². The molecule has 2 aliphatic rings. The lowest BCUT2D eigenvalue weighted by Crippen LogP contribution is -2.52. The van der Waals surface area contributed by atoms with Crippen molar-refractivity contribution in [2.45, 2.75) is 39.2 Å². The lowest BCUT2D eigenvalue weighted by molar-refractivity contribution is -0.0555. The molecule has 3 nitrogen and oxygen atoms in total. The van der Waals surface area contributed by atoms with Crippen LogP contribution in [0.2, 0.25) is 0 Å². The molecule has 17 heavy (non-hydrogen) atoms. The summed E-state index contributed by atoms with van der Waals surface area (Å²) >= 11 is 0. The van der Waals surface area contributed by atoms with Crippen molar-refractivity contribution in [2.24, 2.45) is 17.8 Å². The summed E-state index contributed by atoms with van der Waals surface area (Å²) in [4.78, 5) is 2.49. The van der Waals surface area contributed by atoms with Crippen molar-refractivity contribution in [2.75, 3.05) is 32.8 Å². The van der Waals surface area contributed by atoms with Gasteiger partial charge in [0, 0.05) is 26.2 Å². The zero-order valence-corrected chi connectivity index (χ0v) is 11.3. The Morgan fingerprint density at radius 2 is 1.88 bits per heavy atom. The van der Waals surface area contributed by atoms with Gasteiger partial charge in [0.25, 0.3) is 0 Å². The van der Waals surface area contributed by atoms with Gasteiger partial charge >= 0.3 is 0 Å². The predicted molar refractivity (Wildman–Crippen MR) is 68.9 cm³/mol. The van der Waals surface area contributed by atoms with Gasteiger partial charge in [0.05, 0.1) is 12.7 Å². The molecule has 2 bridgehead atoms. The number of aliphatic hydroxyl groups excluding tert-OH is 1. The molecule has 0 radical (unpaired) electrons. The van der Waals surface area contributed by atoms with Crippen LogP contribution in [-0.2, 0) is 4.74 Å². The zero-order valence-electron chi connectivity index (χ0n) is 11.3. The van der Waals surface area contributed by atoms with Crippen molar-refractivity contribution in [1.29, 1.82) is 0 Å². The second-order valence-corrected chi connectivity index (χ2v) is 6.17. The smallest absolute Gasteiger partial charge is 0.0620 e. The molecule has 3 atom stereocenters. The topological polar surface area (TPSA) is 32.7 Å². The average Bonchev–Trinajstić information content (AvgIpc) is 2.25. The Kier molecular flexibility index (Phi) is 4.83. The Balaban J connectivity index is 1.69. The zero-order chi connectivity index (χ0) is 12.3. The van der Waals surface area contributed by atoms with Crippen LogP contribution in [0.25, 0.3) is 0 Å². The van der Waals surface area contributed by atoms with E-state index in [9.17, 15) is 5.11 Å². The molecule has 0 amide bonds. The maximum absolute atomic E-state index is 10.1. The summed E-state index contributed by atoms with van der Waals surface area (Å²) in [6.45, 7) is 9.25. The highest BCUT2D eigenvalue weighted by molar-refractivity contribution is 4.90. The van der Waals surface area contributed by atoms with Crippen LogP contribution in [0.3, 0.4) is 0 Å². The van der Waals surface area contributed by atoms with Crippen LogP contribution in [-0.4, -0.2) is 49.0 Å². The maximum Gasteiger partial charge on any atom is 0.0620 e. The van der Waals surface area contributed by atoms with Gasteiger partial charge in [-0.1, -0.05) is 20.3 Å². The molecule has 0 spiro atoms. The largest absolute Gasteiger partial charge is 0.392 e. The molecule has 0 aromatic carbocycles. The molecule has 1 aliphatic heterocycles. The molecule has 1 saturated heterocycles. The van der Waals surface area contributed by atoms with Crippen LogP contribution in [0.4, 0.5) is 0 Å². The third kappa shape index (κ3) is 3.67. The minimum atomic E-state index is -0.0309. The molecule has 1 N–H and O–H groups in total. The van der Waals surface area contributed by atoms with Gasteiger partial charge in [-0.2, -0.15) is 0 Å². The summed E-state index contributed by atoms with van der Waals surface area (Å²) in [6.07, 6.45) is 3.70. The normalized spacial score (nSPS) is 34.2.